The highest BCUT2D eigenvalue weighted by Crippen LogP contribution is 2.13. The topological polar surface area (TPSA) is 75.4 Å². The number of rotatable bonds is 4. The highest BCUT2D eigenvalue weighted by Gasteiger charge is 2.26. The van der Waals surface area contributed by atoms with Crippen LogP contribution in [0.5, 0.6) is 0 Å². The Balaban J connectivity index is 2.37. The van der Waals surface area contributed by atoms with Gasteiger partial charge in [0.25, 0.3) is 0 Å². The molecular formula is C13H25N3O2. The van der Waals surface area contributed by atoms with Crippen LogP contribution in [0.15, 0.2) is 0 Å². The summed E-state index contributed by atoms with van der Waals surface area (Å²) in [6, 6.07) is 0.206. The Hall–Kier alpha value is -1.10. The van der Waals surface area contributed by atoms with Gasteiger partial charge in [-0.3, -0.25) is 9.59 Å². The van der Waals surface area contributed by atoms with Crippen molar-refractivity contribution in [2.24, 2.45) is 17.6 Å². The minimum atomic E-state index is -0.105. The Morgan fingerprint density at radius 3 is 2.28 bits per heavy atom. The quantitative estimate of drug-likeness (QED) is 0.761. The number of piperidine rings is 1. The Morgan fingerprint density at radius 1 is 1.28 bits per heavy atom. The van der Waals surface area contributed by atoms with Gasteiger partial charge in [-0.1, -0.05) is 20.8 Å². The van der Waals surface area contributed by atoms with E-state index >= 15 is 0 Å². The maximum atomic E-state index is 11.9. The van der Waals surface area contributed by atoms with E-state index in [4.69, 9.17) is 5.73 Å². The van der Waals surface area contributed by atoms with Crippen LogP contribution in [0.25, 0.3) is 0 Å². The zero-order valence-electron chi connectivity index (χ0n) is 11.6. The van der Waals surface area contributed by atoms with Crippen LogP contribution in [0, 0.1) is 11.8 Å². The van der Waals surface area contributed by atoms with Crippen LogP contribution in [-0.2, 0) is 9.59 Å². The van der Waals surface area contributed by atoms with Crippen molar-refractivity contribution in [2.45, 2.75) is 39.7 Å². The van der Waals surface area contributed by atoms with Gasteiger partial charge in [0.05, 0.1) is 0 Å². The van der Waals surface area contributed by atoms with E-state index in [9.17, 15) is 9.59 Å². The molecule has 0 bridgehead atoms. The van der Waals surface area contributed by atoms with Crippen LogP contribution < -0.4 is 11.1 Å². The van der Waals surface area contributed by atoms with E-state index in [1.165, 1.54) is 0 Å². The largest absolute Gasteiger partial charge is 0.353 e. The molecule has 0 aromatic carbocycles. The molecule has 1 heterocycles. The molecule has 1 rings (SSSR count). The second-order valence-corrected chi connectivity index (χ2v) is 5.40. The number of likely N-dealkylation sites (tertiary alicyclic amines) is 1. The van der Waals surface area contributed by atoms with Gasteiger partial charge in [-0.25, -0.2) is 0 Å². The van der Waals surface area contributed by atoms with Gasteiger partial charge in [0.1, 0.15) is 0 Å². The maximum Gasteiger partial charge on any atom is 0.226 e. The standard InChI is InChI=1S/C13H25N3O2/c1-9(2)12(17)15-11-4-6-16(7-5-11)13(18)10(3)8-14/h9-11H,4-8,14H2,1-3H3,(H,15,17). The summed E-state index contributed by atoms with van der Waals surface area (Å²) in [4.78, 5) is 25.4. The van der Waals surface area contributed by atoms with Gasteiger partial charge in [0, 0.05) is 37.5 Å². The fourth-order valence-electron chi connectivity index (χ4n) is 2.02. The van der Waals surface area contributed by atoms with Gasteiger partial charge in [0.15, 0.2) is 0 Å². The highest BCUT2D eigenvalue weighted by atomic mass is 16.2. The number of hydrogen-bond acceptors (Lipinski definition) is 3. The molecular weight excluding hydrogens is 230 g/mol. The van der Waals surface area contributed by atoms with Crippen LogP contribution >= 0.6 is 0 Å². The van der Waals surface area contributed by atoms with E-state index in [-0.39, 0.29) is 29.7 Å². The van der Waals surface area contributed by atoms with Gasteiger partial charge in [-0.15, -0.1) is 0 Å². The number of nitrogens with two attached hydrogens (primary N) is 1. The average Bonchev–Trinajstić information content (AvgIpc) is 2.37. The minimum absolute atomic E-state index is 0.0157. The van der Waals surface area contributed by atoms with E-state index in [1.807, 2.05) is 25.7 Å². The SMILES string of the molecule is CC(C)C(=O)NC1CCN(C(=O)C(C)CN)CC1. The molecule has 1 saturated heterocycles. The summed E-state index contributed by atoms with van der Waals surface area (Å²) in [5.74, 6) is 0.134. The monoisotopic (exact) mass is 255 g/mol. The molecule has 0 spiro atoms. The van der Waals surface area contributed by atoms with Crippen LogP contribution in [0.3, 0.4) is 0 Å². The minimum Gasteiger partial charge on any atom is -0.353 e. The maximum absolute atomic E-state index is 11.9. The molecule has 5 heteroatoms. The third kappa shape index (κ3) is 3.98. The molecule has 1 aliphatic rings. The van der Waals surface area contributed by atoms with E-state index in [0.717, 1.165) is 12.8 Å². The molecule has 104 valence electrons. The number of amides is 2. The molecule has 0 aliphatic carbocycles. The van der Waals surface area contributed by atoms with Gasteiger partial charge < -0.3 is 16.0 Å². The number of carbonyl (C=O) groups is 2. The summed E-state index contributed by atoms with van der Waals surface area (Å²) >= 11 is 0. The van der Waals surface area contributed by atoms with Crippen molar-refractivity contribution in [3.05, 3.63) is 0 Å². The number of carbonyl (C=O) groups excluding carboxylic acids is 2. The number of nitrogens with one attached hydrogen (secondary N) is 1. The fraction of sp³-hybridized carbons (Fsp3) is 0.846. The summed E-state index contributed by atoms with van der Waals surface area (Å²) in [5, 5.41) is 3.02. The van der Waals surface area contributed by atoms with Crippen molar-refractivity contribution in [2.75, 3.05) is 19.6 Å². The van der Waals surface area contributed by atoms with Crippen molar-refractivity contribution < 1.29 is 9.59 Å². The lowest BCUT2D eigenvalue weighted by molar-refractivity contribution is -0.135. The van der Waals surface area contributed by atoms with Crippen molar-refractivity contribution in [3.8, 4) is 0 Å². The van der Waals surface area contributed by atoms with Gasteiger partial charge >= 0.3 is 0 Å². The molecule has 1 fully saturated rings. The third-order valence-electron chi connectivity index (χ3n) is 3.45. The summed E-state index contributed by atoms with van der Waals surface area (Å²) in [6.45, 7) is 7.45. The molecule has 5 nitrogen and oxygen atoms in total. The normalized spacial score (nSPS) is 18.8. The molecule has 0 aromatic heterocycles. The Labute approximate surface area is 109 Å². The van der Waals surface area contributed by atoms with E-state index < -0.39 is 0 Å². The first-order valence-corrected chi connectivity index (χ1v) is 6.75. The number of hydrogen-bond donors (Lipinski definition) is 2. The summed E-state index contributed by atoms with van der Waals surface area (Å²) in [7, 11) is 0. The first-order valence-electron chi connectivity index (χ1n) is 6.75. The Kier molecular flexibility index (Phi) is 5.59. The predicted molar refractivity (Wildman–Crippen MR) is 70.8 cm³/mol. The van der Waals surface area contributed by atoms with Crippen molar-refractivity contribution in [1.82, 2.24) is 10.2 Å². The van der Waals surface area contributed by atoms with Crippen molar-refractivity contribution in [1.29, 1.82) is 0 Å². The molecule has 3 N–H and O–H groups in total. The first kappa shape index (κ1) is 15.0. The first-order chi connectivity index (χ1) is 8.45. The zero-order valence-corrected chi connectivity index (χ0v) is 11.6. The molecule has 1 aliphatic heterocycles. The second-order valence-electron chi connectivity index (χ2n) is 5.40. The smallest absolute Gasteiger partial charge is 0.226 e. The van der Waals surface area contributed by atoms with Crippen LogP contribution in [-0.4, -0.2) is 42.4 Å². The Morgan fingerprint density at radius 2 is 1.83 bits per heavy atom. The predicted octanol–water partition coefficient (Wildman–Crippen LogP) is 0.344. The van der Waals surface area contributed by atoms with E-state index in [2.05, 4.69) is 5.32 Å². The summed E-state index contributed by atoms with van der Waals surface area (Å²) in [6.07, 6.45) is 1.67. The second kappa shape index (κ2) is 6.73. The van der Waals surface area contributed by atoms with Gasteiger partial charge in [-0.05, 0) is 12.8 Å². The fourth-order valence-corrected chi connectivity index (χ4v) is 2.02. The Bertz CT molecular complexity index is 297. The molecule has 0 aromatic rings. The van der Waals surface area contributed by atoms with E-state index in [0.29, 0.717) is 19.6 Å². The van der Waals surface area contributed by atoms with Crippen molar-refractivity contribution >= 4 is 11.8 Å². The van der Waals surface area contributed by atoms with Crippen LogP contribution in [0.2, 0.25) is 0 Å². The molecule has 0 radical (unpaired) electrons. The van der Waals surface area contributed by atoms with Crippen molar-refractivity contribution in [3.63, 3.8) is 0 Å². The van der Waals surface area contributed by atoms with Gasteiger partial charge in [-0.2, -0.15) is 0 Å². The van der Waals surface area contributed by atoms with Crippen LogP contribution in [0.4, 0.5) is 0 Å². The highest BCUT2D eigenvalue weighted by molar-refractivity contribution is 5.79. The molecule has 18 heavy (non-hydrogen) atoms. The molecule has 1 unspecified atom stereocenters. The van der Waals surface area contributed by atoms with Crippen LogP contribution in [0.1, 0.15) is 33.6 Å². The lowest BCUT2D eigenvalue weighted by Gasteiger charge is -2.34. The number of nitrogens with zero attached hydrogens (tertiary/aromatic N) is 1. The summed E-state index contributed by atoms with van der Waals surface area (Å²) in [5.41, 5.74) is 5.50. The lowest BCUT2D eigenvalue weighted by atomic mass is 10.0. The average molecular weight is 255 g/mol. The van der Waals surface area contributed by atoms with Gasteiger partial charge in [0.2, 0.25) is 11.8 Å². The summed E-state index contributed by atoms with van der Waals surface area (Å²) < 4.78 is 0. The molecule has 0 saturated carbocycles. The van der Waals surface area contributed by atoms with E-state index in [1.54, 1.807) is 0 Å². The lowest BCUT2D eigenvalue weighted by Crippen LogP contribution is -2.49. The molecule has 2 amide bonds. The zero-order chi connectivity index (χ0) is 13.7. The third-order valence-corrected chi connectivity index (χ3v) is 3.45. The molecule has 1 atom stereocenters.